The highest BCUT2D eigenvalue weighted by Crippen LogP contribution is 2.28. The predicted octanol–water partition coefficient (Wildman–Crippen LogP) is 4.46. The van der Waals surface area contributed by atoms with Gasteiger partial charge in [-0.05, 0) is 30.7 Å². The van der Waals surface area contributed by atoms with Crippen LogP contribution in [0, 0.1) is 11.6 Å². The number of benzene rings is 1. The summed E-state index contributed by atoms with van der Waals surface area (Å²) in [6, 6.07) is 2.23. The molecule has 1 nitrogen and oxygen atoms in total. The molecule has 0 aliphatic carbocycles. The van der Waals surface area contributed by atoms with Crippen LogP contribution < -0.4 is 5.32 Å². The number of unbranched alkanes of at least 4 members (excludes halogenated alkanes) is 1. The third-order valence-corrected chi connectivity index (χ3v) is 3.04. The van der Waals surface area contributed by atoms with Crippen LogP contribution in [0.4, 0.5) is 8.78 Å². The molecule has 1 N–H and O–H groups in total. The lowest BCUT2D eigenvalue weighted by Gasteiger charge is -2.19. The smallest absolute Gasteiger partial charge is 0.160 e. The molecule has 1 aromatic rings. The summed E-state index contributed by atoms with van der Waals surface area (Å²) in [6.45, 7) is 4.84. The maximum atomic E-state index is 13.2. The zero-order chi connectivity index (χ0) is 12.8. The van der Waals surface area contributed by atoms with Gasteiger partial charge in [0.1, 0.15) is 0 Å². The average Bonchev–Trinajstić information content (AvgIpc) is 2.29. The molecular weight excluding hydrogens is 244 g/mol. The minimum absolute atomic E-state index is 0.0115. The van der Waals surface area contributed by atoms with Gasteiger partial charge in [0.15, 0.2) is 11.6 Å². The van der Waals surface area contributed by atoms with Crippen LogP contribution in [0.15, 0.2) is 12.1 Å². The van der Waals surface area contributed by atoms with Gasteiger partial charge in [-0.15, -0.1) is 0 Å². The molecule has 0 aromatic heterocycles. The molecule has 0 amide bonds. The lowest BCUT2D eigenvalue weighted by atomic mass is 10.0. The molecule has 96 valence electrons. The quantitative estimate of drug-likeness (QED) is 0.746. The Bertz CT molecular complexity index is 369. The van der Waals surface area contributed by atoms with Crippen LogP contribution in [0.1, 0.15) is 44.7 Å². The van der Waals surface area contributed by atoms with Crippen LogP contribution in [0.3, 0.4) is 0 Å². The molecule has 0 radical (unpaired) electrons. The van der Waals surface area contributed by atoms with Gasteiger partial charge in [-0.25, -0.2) is 8.78 Å². The van der Waals surface area contributed by atoms with Crippen molar-refractivity contribution in [1.29, 1.82) is 0 Å². The Morgan fingerprint density at radius 2 is 1.88 bits per heavy atom. The summed E-state index contributed by atoms with van der Waals surface area (Å²) in [5, 5.41) is 3.53. The van der Waals surface area contributed by atoms with Crippen molar-refractivity contribution in [3.05, 3.63) is 34.4 Å². The summed E-state index contributed by atoms with van der Waals surface area (Å²) in [5.41, 5.74) is 0.640. The summed E-state index contributed by atoms with van der Waals surface area (Å²) >= 11 is 5.96. The fourth-order valence-electron chi connectivity index (χ4n) is 1.83. The average molecular weight is 262 g/mol. The van der Waals surface area contributed by atoms with Crippen molar-refractivity contribution in [2.45, 2.75) is 39.2 Å². The van der Waals surface area contributed by atoms with Crippen molar-refractivity contribution >= 4 is 11.6 Å². The van der Waals surface area contributed by atoms with Gasteiger partial charge in [0, 0.05) is 11.1 Å². The molecule has 17 heavy (non-hydrogen) atoms. The molecule has 0 bridgehead atoms. The molecule has 0 saturated heterocycles. The van der Waals surface area contributed by atoms with Crippen LogP contribution >= 0.6 is 11.6 Å². The molecular formula is C13H18ClF2N. The Balaban J connectivity index is 2.96. The summed E-state index contributed by atoms with van der Waals surface area (Å²) in [4.78, 5) is 0. The SMILES string of the molecule is CCCCC(NCC)c1cc(F)c(F)cc1Cl. The van der Waals surface area contributed by atoms with Crippen molar-refractivity contribution in [2.75, 3.05) is 6.54 Å². The van der Waals surface area contributed by atoms with Crippen LogP contribution in [-0.2, 0) is 0 Å². The largest absolute Gasteiger partial charge is 0.310 e. The van der Waals surface area contributed by atoms with Crippen LogP contribution in [0.2, 0.25) is 5.02 Å². The van der Waals surface area contributed by atoms with Crippen molar-refractivity contribution in [1.82, 2.24) is 5.32 Å². The van der Waals surface area contributed by atoms with E-state index in [1.807, 2.05) is 6.92 Å². The second-order valence-corrected chi connectivity index (χ2v) is 4.45. The van der Waals surface area contributed by atoms with Gasteiger partial charge in [-0.1, -0.05) is 38.3 Å². The highest BCUT2D eigenvalue weighted by Gasteiger charge is 2.16. The van der Waals surface area contributed by atoms with E-state index in [2.05, 4.69) is 12.2 Å². The summed E-state index contributed by atoms with van der Waals surface area (Å²) in [6.07, 6.45) is 2.95. The molecule has 0 spiro atoms. The fourth-order valence-corrected chi connectivity index (χ4v) is 2.11. The molecule has 1 unspecified atom stereocenters. The number of rotatable bonds is 6. The van der Waals surface area contributed by atoms with E-state index in [-0.39, 0.29) is 11.1 Å². The molecule has 0 aliphatic rings. The number of nitrogens with one attached hydrogen (secondary N) is 1. The first-order valence-corrected chi connectivity index (χ1v) is 6.35. The first-order chi connectivity index (χ1) is 8.10. The normalized spacial score (nSPS) is 12.8. The Morgan fingerprint density at radius 3 is 2.47 bits per heavy atom. The van der Waals surface area contributed by atoms with E-state index in [4.69, 9.17) is 11.6 Å². The van der Waals surface area contributed by atoms with Gasteiger partial charge in [0.25, 0.3) is 0 Å². The predicted molar refractivity (Wildman–Crippen MR) is 67.3 cm³/mol. The molecule has 4 heteroatoms. The van der Waals surface area contributed by atoms with E-state index in [0.717, 1.165) is 31.9 Å². The van der Waals surface area contributed by atoms with Gasteiger partial charge in [0.05, 0.1) is 0 Å². The molecule has 1 atom stereocenters. The van der Waals surface area contributed by atoms with Crippen molar-refractivity contribution in [2.24, 2.45) is 0 Å². The van der Waals surface area contributed by atoms with E-state index in [1.54, 1.807) is 0 Å². The van der Waals surface area contributed by atoms with E-state index in [9.17, 15) is 8.78 Å². The van der Waals surface area contributed by atoms with Crippen LogP contribution in [0.25, 0.3) is 0 Å². The zero-order valence-corrected chi connectivity index (χ0v) is 11.0. The monoisotopic (exact) mass is 261 g/mol. The maximum absolute atomic E-state index is 13.2. The summed E-state index contributed by atoms with van der Waals surface area (Å²) < 4.78 is 26.2. The molecule has 0 fully saturated rings. The van der Waals surface area contributed by atoms with E-state index in [1.165, 1.54) is 6.07 Å². The lowest BCUT2D eigenvalue weighted by molar-refractivity contribution is 0.478. The van der Waals surface area contributed by atoms with E-state index >= 15 is 0 Å². The maximum Gasteiger partial charge on any atom is 0.160 e. The Kier molecular flexibility index (Phi) is 5.86. The number of hydrogen-bond donors (Lipinski definition) is 1. The summed E-state index contributed by atoms with van der Waals surface area (Å²) in [7, 11) is 0. The fraction of sp³-hybridized carbons (Fsp3) is 0.538. The van der Waals surface area contributed by atoms with Gasteiger partial charge < -0.3 is 5.32 Å². The van der Waals surface area contributed by atoms with Crippen molar-refractivity contribution < 1.29 is 8.78 Å². The second-order valence-electron chi connectivity index (χ2n) is 4.04. The van der Waals surface area contributed by atoms with E-state index in [0.29, 0.717) is 5.56 Å². The number of hydrogen-bond acceptors (Lipinski definition) is 1. The van der Waals surface area contributed by atoms with Crippen molar-refractivity contribution in [3.8, 4) is 0 Å². The van der Waals surface area contributed by atoms with Gasteiger partial charge in [0.2, 0.25) is 0 Å². The van der Waals surface area contributed by atoms with Crippen LogP contribution in [0.5, 0.6) is 0 Å². The molecule has 0 aliphatic heterocycles. The second kappa shape index (κ2) is 6.92. The molecule has 1 aromatic carbocycles. The molecule has 0 saturated carbocycles. The molecule has 1 rings (SSSR count). The highest BCUT2D eigenvalue weighted by atomic mass is 35.5. The third-order valence-electron chi connectivity index (χ3n) is 2.71. The third kappa shape index (κ3) is 3.93. The highest BCUT2D eigenvalue weighted by molar-refractivity contribution is 6.31. The van der Waals surface area contributed by atoms with Crippen LogP contribution in [-0.4, -0.2) is 6.54 Å². The standard InChI is InChI=1S/C13H18ClF2N/c1-3-5-6-13(17-4-2)9-7-11(15)12(16)8-10(9)14/h7-8,13,17H,3-6H2,1-2H3. The Labute approximate surface area is 106 Å². The Hall–Kier alpha value is -0.670. The first kappa shape index (κ1) is 14.4. The summed E-state index contributed by atoms with van der Waals surface area (Å²) in [5.74, 6) is -1.74. The molecule has 0 heterocycles. The minimum atomic E-state index is -0.899. The topological polar surface area (TPSA) is 12.0 Å². The van der Waals surface area contributed by atoms with E-state index < -0.39 is 11.6 Å². The van der Waals surface area contributed by atoms with Gasteiger partial charge in [-0.3, -0.25) is 0 Å². The minimum Gasteiger partial charge on any atom is -0.310 e. The zero-order valence-electron chi connectivity index (χ0n) is 10.2. The van der Waals surface area contributed by atoms with Crippen molar-refractivity contribution in [3.63, 3.8) is 0 Å². The Morgan fingerprint density at radius 1 is 1.24 bits per heavy atom. The van der Waals surface area contributed by atoms with Gasteiger partial charge >= 0.3 is 0 Å². The van der Waals surface area contributed by atoms with Gasteiger partial charge in [-0.2, -0.15) is 0 Å². The number of halogens is 3. The first-order valence-electron chi connectivity index (χ1n) is 5.98. The lowest BCUT2D eigenvalue weighted by Crippen LogP contribution is -2.21.